The fraction of sp³-hybridized carbons (Fsp3) is 0.176. The number of phenolic OH excluding ortho intramolecular Hbond substituents is 1. The van der Waals surface area contributed by atoms with Crippen LogP contribution < -0.4 is 4.74 Å². The highest BCUT2D eigenvalue weighted by molar-refractivity contribution is 5.90. The number of hydrogen-bond acceptors (Lipinski definition) is 2. The Bertz CT molecular complexity index is 764. The topological polar surface area (TPSA) is 45.2 Å². The van der Waals surface area contributed by atoms with Crippen molar-refractivity contribution in [3.05, 3.63) is 47.5 Å². The van der Waals surface area contributed by atoms with Crippen LogP contribution in [0.5, 0.6) is 11.5 Å². The summed E-state index contributed by atoms with van der Waals surface area (Å²) in [6.07, 6.45) is 0. The van der Waals surface area contributed by atoms with E-state index in [0.717, 1.165) is 22.3 Å². The molecule has 2 aromatic carbocycles. The number of ether oxygens (including phenoxy) is 1. The molecule has 2 N–H and O–H groups in total. The van der Waals surface area contributed by atoms with Gasteiger partial charge >= 0.3 is 0 Å². The molecule has 0 spiro atoms. The van der Waals surface area contributed by atoms with Gasteiger partial charge in [0.2, 0.25) is 0 Å². The fourth-order valence-electron chi connectivity index (χ4n) is 2.74. The zero-order chi connectivity index (χ0) is 14.3. The molecule has 0 unspecified atom stereocenters. The summed E-state index contributed by atoms with van der Waals surface area (Å²) in [5.74, 6) is 0.697. The van der Waals surface area contributed by atoms with Crippen molar-refractivity contribution in [2.75, 3.05) is 7.11 Å². The van der Waals surface area contributed by atoms with E-state index in [4.69, 9.17) is 4.74 Å². The van der Waals surface area contributed by atoms with Gasteiger partial charge in [-0.25, -0.2) is 0 Å². The van der Waals surface area contributed by atoms with Gasteiger partial charge < -0.3 is 14.8 Å². The molecule has 3 rings (SSSR count). The molecular formula is C17H17NO2. The van der Waals surface area contributed by atoms with Crippen molar-refractivity contribution in [1.82, 2.24) is 4.98 Å². The van der Waals surface area contributed by atoms with Gasteiger partial charge in [0, 0.05) is 22.2 Å². The lowest BCUT2D eigenvalue weighted by molar-refractivity contribution is 0.371. The number of aromatic amines is 1. The minimum Gasteiger partial charge on any atom is -0.504 e. The Balaban J connectivity index is 2.23. The number of hydrogen-bond donors (Lipinski definition) is 2. The summed E-state index contributed by atoms with van der Waals surface area (Å²) < 4.78 is 5.20. The van der Waals surface area contributed by atoms with Crippen LogP contribution in [0, 0.1) is 13.8 Å². The number of aromatic hydroxyl groups is 1. The molecule has 3 aromatic rings. The average Bonchev–Trinajstić information content (AvgIpc) is 2.76. The van der Waals surface area contributed by atoms with Crippen LogP contribution >= 0.6 is 0 Å². The van der Waals surface area contributed by atoms with Crippen LogP contribution in [0.2, 0.25) is 0 Å². The van der Waals surface area contributed by atoms with Crippen LogP contribution in [0.15, 0.2) is 36.4 Å². The Morgan fingerprint density at radius 1 is 1.10 bits per heavy atom. The molecule has 20 heavy (non-hydrogen) atoms. The van der Waals surface area contributed by atoms with Gasteiger partial charge in [-0.1, -0.05) is 18.2 Å². The van der Waals surface area contributed by atoms with Gasteiger partial charge in [0.25, 0.3) is 0 Å². The van der Waals surface area contributed by atoms with E-state index in [-0.39, 0.29) is 5.75 Å². The van der Waals surface area contributed by atoms with Gasteiger partial charge in [0.05, 0.1) is 7.11 Å². The van der Waals surface area contributed by atoms with Crippen molar-refractivity contribution in [3.63, 3.8) is 0 Å². The molecule has 0 aliphatic heterocycles. The van der Waals surface area contributed by atoms with Gasteiger partial charge in [-0.05, 0) is 43.2 Å². The monoisotopic (exact) mass is 267 g/mol. The molecule has 0 amide bonds. The van der Waals surface area contributed by atoms with E-state index in [0.29, 0.717) is 5.75 Å². The Morgan fingerprint density at radius 2 is 1.85 bits per heavy atom. The highest BCUT2D eigenvalue weighted by Crippen LogP contribution is 2.37. The van der Waals surface area contributed by atoms with E-state index in [1.54, 1.807) is 13.2 Å². The van der Waals surface area contributed by atoms with Gasteiger partial charge in [0.15, 0.2) is 11.5 Å². The van der Waals surface area contributed by atoms with Crippen molar-refractivity contribution in [2.45, 2.75) is 13.8 Å². The molecule has 0 aliphatic rings. The molecule has 3 heteroatoms. The van der Waals surface area contributed by atoms with Crippen molar-refractivity contribution in [3.8, 4) is 22.8 Å². The zero-order valence-electron chi connectivity index (χ0n) is 11.8. The van der Waals surface area contributed by atoms with Crippen LogP contribution in [0.4, 0.5) is 0 Å². The highest BCUT2D eigenvalue weighted by atomic mass is 16.5. The summed E-state index contributed by atoms with van der Waals surface area (Å²) >= 11 is 0. The second-order valence-corrected chi connectivity index (χ2v) is 5.02. The van der Waals surface area contributed by atoms with Crippen LogP contribution in [0.25, 0.3) is 22.2 Å². The van der Waals surface area contributed by atoms with E-state index in [2.05, 4.69) is 24.0 Å². The van der Waals surface area contributed by atoms with Crippen molar-refractivity contribution >= 4 is 10.9 Å². The van der Waals surface area contributed by atoms with Gasteiger partial charge in [-0.2, -0.15) is 0 Å². The molecule has 0 radical (unpaired) electrons. The smallest absolute Gasteiger partial charge is 0.163 e. The number of benzene rings is 2. The van der Waals surface area contributed by atoms with Crippen LogP contribution in [-0.4, -0.2) is 17.2 Å². The lowest BCUT2D eigenvalue weighted by atomic mass is 10.0. The molecule has 0 atom stereocenters. The maximum absolute atomic E-state index is 10.1. The number of phenols is 1. The van der Waals surface area contributed by atoms with Gasteiger partial charge in [-0.15, -0.1) is 0 Å². The minimum absolute atomic E-state index is 0.167. The summed E-state index contributed by atoms with van der Waals surface area (Å²) in [5.41, 5.74) is 5.21. The van der Waals surface area contributed by atoms with E-state index in [1.165, 1.54) is 10.9 Å². The molecule has 102 valence electrons. The number of methoxy groups -OCH3 is 1. The fourth-order valence-corrected chi connectivity index (χ4v) is 2.74. The second kappa shape index (κ2) is 4.60. The van der Waals surface area contributed by atoms with E-state index in [9.17, 15) is 5.11 Å². The second-order valence-electron chi connectivity index (χ2n) is 5.02. The molecule has 3 nitrogen and oxygen atoms in total. The average molecular weight is 267 g/mol. The lowest BCUT2D eigenvalue weighted by Gasteiger charge is -2.10. The first-order valence-corrected chi connectivity index (χ1v) is 6.57. The van der Waals surface area contributed by atoms with E-state index >= 15 is 0 Å². The minimum atomic E-state index is 0.167. The third kappa shape index (κ3) is 1.83. The molecule has 0 bridgehead atoms. The number of fused-ring (bicyclic) bond motifs is 1. The summed E-state index contributed by atoms with van der Waals surface area (Å²) in [7, 11) is 1.57. The van der Waals surface area contributed by atoms with E-state index in [1.807, 2.05) is 25.1 Å². The molecule has 1 aromatic heterocycles. The SMILES string of the molecule is COc1c(C)cc(-c2[nH]c3ccccc3c2C)cc1O. The molecule has 1 heterocycles. The highest BCUT2D eigenvalue weighted by Gasteiger charge is 2.13. The maximum atomic E-state index is 10.1. The maximum Gasteiger partial charge on any atom is 0.163 e. The summed E-state index contributed by atoms with van der Waals surface area (Å²) in [5, 5.41) is 11.3. The van der Waals surface area contributed by atoms with Crippen molar-refractivity contribution < 1.29 is 9.84 Å². The number of aromatic nitrogens is 1. The molecule has 0 saturated carbocycles. The Morgan fingerprint density at radius 3 is 2.50 bits per heavy atom. The largest absolute Gasteiger partial charge is 0.504 e. The summed E-state index contributed by atoms with van der Waals surface area (Å²) in [4.78, 5) is 3.42. The zero-order valence-corrected chi connectivity index (χ0v) is 11.8. The first-order chi connectivity index (χ1) is 9.61. The molecular weight excluding hydrogens is 250 g/mol. The van der Waals surface area contributed by atoms with Crippen molar-refractivity contribution in [1.29, 1.82) is 0 Å². The van der Waals surface area contributed by atoms with Gasteiger partial charge in [0.1, 0.15) is 0 Å². The van der Waals surface area contributed by atoms with Gasteiger partial charge in [-0.3, -0.25) is 0 Å². The Hall–Kier alpha value is -2.42. The first-order valence-electron chi connectivity index (χ1n) is 6.57. The number of H-pyrrole nitrogens is 1. The number of para-hydroxylation sites is 1. The van der Waals surface area contributed by atoms with Crippen LogP contribution in [0.3, 0.4) is 0 Å². The first kappa shape index (κ1) is 12.6. The number of rotatable bonds is 2. The number of aryl methyl sites for hydroxylation is 2. The van der Waals surface area contributed by atoms with E-state index < -0.39 is 0 Å². The van der Waals surface area contributed by atoms with Crippen molar-refractivity contribution in [2.24, 2.45) is 0 Å². The summed E-state index contributed by atoms with van der Waals surface area (Å²) in [6.45, 7) is 4.02. The third-order valence-electron chi connectivity index (χ3n) is 3.71. The molecule has 0 saturated heterocycles. The number of nitrogens with one attached hydrogen (secondary N) is 1. The Labute approximate surface area is 117 Å². The van der Waals surface area contributed by atoms with Crippen LogP contribution in [-0.2, 0) is 0 Å². The Kier molecular flexibility index (Phi) is 2.90. The predicted molar refractivity (Wildman–Crippen MR) is 81.4 cm³/mol. The molecule has 0 fully saturated rings. The standard InChI is InChI=1S/C17H17NO2/c1-10-8-12(9-15(19)17(10)20-3)16-11(2)13-6-4-5-7-14(13)18-16/h4-9,18-19H,1-3H3. The third-order valence-corrected chi connectivity index (χ3v) is 3.71. The summed E-state index contributed by atoms with van der Waals surface area (Å²) in [6, 6.07) is 12.0. The quantitative estimate of drug-likeness (QED) is 0.732. The van der Waals surface area contributed by atoms with Crippen LogP contribution in [0.1, 0.15) is 11.1 Å². The predicted octanol–water partition coefficient (Wildman–Crippen LogP) is 4.17. The molecule has 0 aliphatic carbocycles. The lowest BCUT2D eigenvalue weighted by Crippen LogP contribution is -1.90. The normalized spacial score (nSPS) is 10.9.